The molecule has 1 N–H and O–H groups in total. The van der Waals surface area contributed by atoms with Gasteiger partial charge in [0.05, 0.1) is 0 Å². The van der Waals surface area contributed by atoms with Gasteiger partial charge in [-0.1, -0.05) is 0 Å². The largest absolute Gasteiger partial charge is 0.357 e. The van der Waals surface area contributed by atoms with Crippen LogP contribution in [0.2, 0.25) is 0 Å². The van der Waals surface area contributed by atoms with Gasteiger partial charge < -0.3 is 9.88 Å². The minimum absolute atomic E-state index is 0.0556. The summed E-state index contributed by atoms with van der Waals surface area (Å²) < 4.78 is 0. The summed E-state index contributed by atoms with van der Waals surface area (Å²) in [4.78, 5) is 16.2. The summed E-state index contributed by atoms with van der Waals surface area (Å²) in [6.45, 7) is 4.61. The van der Waals surface area contributed by atoms with E-state index in [-0.39, 0.29) is 5.91 Å². The predicted octanol–water partition coefficient (Wildman–Crippen LogP) is 1.42. The lowest BCUT2D eigenvalue weighted by molar-refractivity contribution is 0.0796. The molecule has 1 heterocycles. The molecule has 0 saturated heterocycles. The van der Waals surface area contributed by atoms with Gasteiger partial charge in [-0.25, -0.2) is 0 Å². The maximum absolute atomic E-state index is 11.6. The van der Waals surface area contributed by atoms with E-state index >= 15 is 0 Å². The number of aromatic nitrogens is 1. The Kier molecular flexibility index (Phi) is 2.53. The standard InChI is InChI=1S/C9H14N2O/c1-4-11(3)9(12)8-7(2)5-6-10-8/h5-6,10H,4H2,1-3H3. The van der Waals surface area contributed by atoms with E-state index in [4.69, 9.17) is 0 Å². The average Bonchev–Trinajstić information content (AvgIpc) is 2.48. The smallest absolute Gasteiger partial charge is 0.270 e. The molecule has 0 spiro atoms. The molecule has 1 aromatic heterocycles. The van der Waals surface area contributed by atoms with Crippen molar-refractivity contribution in [3.63, 3.8) is 0 Å². The highest BCUT2D eigenvalue weighted by molar-refractivity contribution is 5.93. The third kappa shape index (κ3) is 1.49. The molecule has 0 radical (unpaired) electrons. The van der Waals surface area contributed by atoms with E-state index in [1.807, 2.05) is 19.9 Å². The van der Waals surface area contributed by atoms with Gasteiger partial charge in [0.1, 0.15) is 5.69 Å². The first-order chi connectivity index (χ1) is 5.66. The molecule has 1 aromatic rings. The van der Waals surface area contributed by atoms with Crippen LogP contribution in [-0.4, -0.2) is 29.4 Å². The maximum atomic E-state index is 11.6. The lowest BCUT2D eigenvalue weighted by Crippen LogP contribution is -2.26. The van der Waals surface area contributed by atoms with Crippen LogP contribution in [0.25, 0.3) is 0 Å². The van der Waals surface area contributed by atoms with Crippen LogP contribution in [-0.2, 0) is 0 Å². The highest BCUT2D eigenvalue weighted by atomic mass is 16.2. The van der Waals surface area contributed by atoms with Crippen molar-refractivity contribution in [2.45, 2.75) is 13.8 Å². The highest BCUT2D eigenvalue weighted by Gasteiger charge is 2.12. The Labute approximate surface area is 72.4 Å². The first-order valence-corrected chi connectivity index (χ1v) is 4.06. The van der Waals surface area contributed by atoms with Crippen molar-refractivity contribution in [3.05, 3.63) is 23.5 Å². The summed E-state index contributed by atoms with van der Waals surface area (Å²) in [7, 11) is 1.79. The quantitative estimate of drug-likeness (QED) is 0.708. The number of carbonyl (C=O) groups excluding carboxylic acids is 1. The van der Waals surface area contributed by atoms with Gasteiger partial charge in [-0.05, 0) is 25.5 Å². The molecule has 1 amide bonds. The van der Waals surface area contributed by atoms with E-state index in [1.165, 1.54) is 0 Å². The summed E-state index contributed by atoms with van der Waals surface area (Å²) in [5, 5.41) is 0. The molecule has 12 heavy (non-hydrogen) atoms. The molecule has 0 atom stereocenters. The molecule has 1 rings (SSSR count). The van der Waals surface area contributed by atoms with Crippen LogP contribution in [0.4, 0.5) is 0 Å². The van der Waals surface area contributed by atoms with Crippen LogP contribution in [0.3, 0.4) is 0 Å². The Balaban J connectivity index is 2.85. The number of nitrogens with one attached hydrogen (secondary N) is 1. The topological polar surface area (TPSA) is 36.1 Å². The third-order valence-corrected chi connectivity index (χ3v) is 1.99. The third-order valence-electron chi connectivity index (χ3n) is 1.99. The maximum Gasteiger partial charge on any atom is 0.270 e. The van der Waals surface area contributed by atoms with Gasteiger partial charge in [-0.2, -0.15) is 0 Å². The molecule has 0 aromatic carbocycles. The fourth-order valence-corrected chi connectivity index (χ4v) is 1.01. The Bertz CT molecular complexity index is 278. The molecule has 0 aliphatic carbocycles. The molecule has 66 valence electrons. The first-order valence-electron chi connectivity index (χ1n) is 4.06. The van der Waals surface area contributed by atoms with Gasteiger partial charge in [0, 0.05) is 19.8 Å². The van der Waals surface area contributed by atoms with Gasteiger partial charge in [0.25, 0.3) is 5.91 Å². The lowest BCUT2D eigenvalue weighted by atomic mass is 10.2. The molecule has 3 nitrogen and oxygen atoms in total. The van der Waals surface area contributed by atoms with Crippen molar-refractivity contribution < 1.29 is 4.79 Å². The molecule has 0 aliphatic rings. The zero-order valence-electron chi connectivity index (χ0n) is 7.72. The fourth-order valence-electron chi connectivity index (χ4n) is 1.01. The number of aryl methyl sites for hydroxylation is 1. The van der Waals surface area contributed by atoms with Crippen molar-refractivity contribution in [1.82, 2.24) is 9.88 Å². The molecule has 0 saturated carbocycles. The normalized spacial score (nSPS) is 9.92. The van der Waals surface area contributed by atoms with E-state index in [0.717, 1.165) is 12.1 Å². The Morgan fingerprint density at radius 1 is 1.67 bits per heavy atom. The summed E-state index contributed by atoms with van der Waals surface area (Å²) >= 11 is 0. The SMILES string of the molecule is CCN(C)C(=O)c1[nH]ccc1C. The van der Waals surface area contributed by atoms with E-state index in [2.05, 4.69) is 4.98 Å². The van der Waals surface area contributed by atoms with Crippen LogP contribution >= 0.6 is 0 Å². The number of nitrogens with zero attached hydrogens (tertiary/aromatic N) is 1. The van der Waals surface area contributed by atoms with Crippen molar-refractivity contribution in [1.29, 1.82) is 0 Å². The van der Waals surface area contributed by atoms with Crippen LogP contribution in [0.1, 0.15) is 23.0 Å². The molecular weight excluding hydrogens is 152 g/mol. The number of H-pyrrole nitrogens is 1. The van der Waals surface area contributed by atoms with E-state index in [0.29, 0.717) is 5.69 Å². The zero-order chi connectivity index (χ0) is 9.14. The zero-order valence-corrected chi connectivity index (χ0v) is 7.72. The van der Waals surface area contributed by atoms with Gasteiger partial charge in [0.2, 0.25) is 0 Å². The van der Waals surface area contributed by atoms with Crippen LogP contribution in [0.15, 0.2) is 12.3 Å². The van der Waals surface area contributed by atoms with Crippen molar-refractivity contribution in [3.8, 4) is 0 Å². The molecule has 0 fully saturated rings. The van der Waals surface area contributed by atoms with Gasteiger partial charge >= 0.3 is 0 Å². The van der Waals surface area contributed by atoms with Crippen molar-refractivity contribution in [2.75, 3.05) is 13.6 Å². The van der Waals surface area contributed by atoms with E-state index in [1.54, 1.807) is 18.1 Å². The number of aromatic amines is 1. The van der Waals surface area contributed by atoms with E-state index < -0.39 is 0 Å². The fraction of sp³-hybridized carbons (Fsp3) is 0.444. The van der Waals surface area contributed by atoms with Crippen molar-refractivity contribution >= 4 is 5.91 Å². The van der Waals surface area contributed by atoms with Crippen LogP contribution in [0, 0.1) is 6.92 Å². The Morgan fingerprint density at radius 3 is 2.75 bits per heavy atom. The second kappa shape index (κ2) is 3.43. The number of amides is 1. The number of carbonyl (C=O) groups is 1. The molecule has 0 aliphatic heterocycles. The second-order valence-corrected chi connectivity index (χ2v) is 2.86. The minimum Gasteiger partial charge on any atom is -0.357 e. The van der Waals surface area contributed by atoms with Crippen LogP contribution < -0.4 is 0 Å². The molecule has 3 heteroatoms. The molecular formula is C9H14N2O. The summed E-state index contributed by atoms with van der Waals surface area (Å²) in [6.07, 6.45) is 1.78. The number of rotatable bonds is 2. The summed E-state index contributed by atoms with van der Waals surface area (Å²) in [5.41, 5.74) is 1.69. The molecule has 0 bridgehead atoms. The van der Waals surface area contributed by atoms with E-state index in [9.17, 15) is 4.79 Å². The van der Waals surface area contributed by atoms with Gasteiger partial charge in [-0.15, -0.1) is 0 Å². The van der Waals surface area contributed by atoms with Gasteiger partial charge in [0.15, 0.2) is 0 Å². The monoisotopic (exact) mass is 166 g/mol. The Morgan fingerprint density at radius 2 is 2.33 bits per heavy atom. The highest BCUT2D eigenvalue weighted by Crippen LogP contribution is 2.06. The Hall–Kier alpha value is -1.25. The second-order valence-electron chi connectivity index (χ2n) is 2.86. The minimum atomic E-state index is 0.0556. The first kappa shape index (κ1) is 8.84. The molecule has 0 unspecified atom stereocenters. The summed E-state index contributed by atoms with van der Waals surface area (Å²) in [5.74, 6) is 0.0556. The predicted molar refractivity (Wildman–Crippen MR) is 48.2 cm³/mol. The average molecular weight is 166 g/mol. The lowest BCUT2D eigenvalue weighted by Gasteiger charge is -2.13. The van der Waals surface area contributed by atoms with Gasteiger partial charge in [-0.3, -0.25) is 4.79 Å². The number of hydrogen-bond donors (Lipinski definition) is 1. The number of hydrogen-bond acceptors (Lipinski definition) is 1. The summed E-state index contributed by atoms with van der Waals surface area (Å²) in [6, 6.07) is 1.90. The van der Waals surface area contributed by atoms with Crippen LogP contribution in [0.5, 0.6) is 0 Å². The van der Waals surface area contributed by atoms with Crippen molar-refractivity contribution in [2.24, 2.45) is 0 Å².